The predicted octanol–water partition coefficient (Wildman–Crippen LogP) is -8.16. The van der Waals surface area contributed by atoms with Crippen LogP contribution in [0.25, 0.3) is 0 Å². The summed E-state index contributed by atoms with van der Waals surface area (Å²) in [7, 11) is 0. The van der Waals surface area contributed by atoms with Gasteiger partial charge in [-0.25, -0.2) is 0 Å². The Morgan fingerprint density at radius 1 is 0.571 bits per heavy atom. The van der Waals surface area contributed by atoms with Crippen LogP contribution in [0.5, 0.6) is 0 Å². The highest BCUT2D eigenvalue weighted by Gasteiger charge is 2.54. The normalized spacial score (nSPS) is 53.8. The molecule has 0 unspecified atom stereocenters. The summed E-state index contributed by atoms with van der Waals surface area (Å²) < 4.78 is 29.1. The van der Waals surface area contributed by atoms with Crippen LogP contribution in [0.3, 0.4) is 0 Å². The number of hydrogen-bond acceptors (Lipinski definition) is 18. The molecule has 1 saturated carbocycles. The first kappa shape index (κ1) is 34.2. The summed E-state index contributed by atoms with van der Waals surface area (Å²) in [5.41, 5.74) is 24.5. The van der Waals surface area contributed by atoms with E-state index in [1.165, 1.54) is 0 Å². The van der Waals surface area contributed by atoms with Gasteiger partial charge in [-0.15, -0.1) is 0 Å². The van der Waals surface area contributed by atoms with Crippen molar-refractivity contribution >= 4 is 0 Å². The van der Waals surface area contributed by atoms with E-state index in [1.807, 2.05) is 0 Å². The van der Waals surface area contributed by atoms with Gasteiger partial charge in [0.05, 0.1) is 37.6 Å². The molecule has 0 bridgehead atoms. The van der Waals surface area contributed by atoms with Gasteiger partial charge in [0.1, 0.15) is 61.0 Å². The summed E-state index contributed by atoms with van der Waals surface area (Å²) in [6.45, 7) is -1.42. The van der Waals surface area contributed by atoms with Crippen molar-refractivity contribution in [3.05, 3.63) is 0 Å². The minimum Gasteiger partial charge on any atom is -0.394 e. The lowest BCUT2D eigenvalue weighted by Crippen LogP contribution is -2.67. The van der Waals surface area contributed by atoms with Gasteiger partial charge in [0.25, 0.3) is 0 Å². The number of ether oxygens (including phenoxy) is 5. The first-order valence-electron chi connectivity index (χ1n) is 14.1. The molecule has 0 aromatic heterocycles. The van der Waals surface area contributed by atoms with E-state index >= 15 is 0 Å². The van der Waals surface area contributed by atoms with Gasteiger partial charge in [0.15, 0.2) is 12.6 Å². The maximum absolute atomic E-state index is 10.7. The van der Waals surface area contributed by atoms with Crippen LogP contribution >= 0.6 is 0 Å². The number of aliphatic hydroxyl groups is 9. The van der Waals surface area contributed by atoms with E-state index < -0.39 is 129 Å². The van der Waals surface area contributed by atoms with Gasteiger partial charge < -0.3 is 92.6 Å². The van der Waals surface area contributed by atoms with Gasteiger partial charge in [0, 0.05) is 24.5 Å². The van der Waals surface area contributed by atoms with Crippen molar-refractivity contribution in [2.45, 2.75) is 123 Å². The summed E-state index contributed by atoms with van der Waals surface area (Å²) in [6, 6.07) is -2.93. The van der Waals surface area contributed by atoms with Gasteiger partial charge in [-0.3, -0.25) is 0 Å². The zero-order valence-corrected chi connectivity index (χ0v) is 22.9. The fourth-order valence-electron chi connectivity index (χ4n) is 6.28. The zero-order chi connectivity index (χ0) is 31.0. The highest BCUT2D eigenvalue weighted by atomic mass is 16.7. The van der Waals surface area contributed by atoms with E-state index in [9.17, 15) is 46.0 Å². The summed E-state index contributed by atoms with van der Waals surface area (Å²) in [5.74, 6) is -0.935. The third kappa shape index (κ3) is 6.62. The van der Waals surface area contributed by atoms with E-state index in [4.69, 9.17) is 46.6 Å². The van der Waals surface area contributed by atoms with Crippen LogP contribution in [0.1, 0.15) is 12.8 Å². The monoisotopic (exact) mass is 614 g/mol. The molecule has 3 aliphatic heterocycles. The fraction of sp³-hybridized carbons (Fsp3) is 1.00. The van der Waals surface area contributed by atoms with Crippen LogP contribution in [0.2, 0.25) is 0 Å². The molecule has 4 aliphatic rings. The number of rotatable bonds is 9. The van der Waals surface area contributed by atoms with Crippen molar-refractivity contribution in [1.82, 2.24) is 0 Å². The Hall–Kier alpha value is -0.720. The molecule has 4 fully saturated rings. The molecule has 18 heteroatoms. The Morgan fingerprint density at radius 3 is 1.57 bits per heavy atom. The minimum absolute atomic E-state index is 0.0665. The van der Waals surface area contributed by atoms with Gasteiger partial charge in [-0.1, -0.05) is 0 Å². The van der Waals surface area contributed by atoms with Crippen molar-refractivity contribution in [2.75, 3.05) is 19.8 Å². The van der Waals surface area contributed by atoms with Crippen molar-refractivity contribution in [2.24, 2.45) is 28.9 Å². The summed E-state index contributed by atoms with van der Waals surface area (Å²) in [4.78, 5) is 0. The number of hydrogen-bond donors (Lipinski definition) is 13. The molecular weight excluding hydrogens is 568 g/mol. The first-order chi connectivity index (χ1) is 19.8. The summed E-state index contributed by atoms with van der Waals surface area (Å²) >= 11 is 0. The minimum atomic E-state index is -1.71. The lowest BCUT2D eigenvalue weighted by atomic mass is 9.74. The van der Waals surface area contributed by atoms with E-state index in [1.54, 1.807) is 0 Å². The van der Waals surface area contributed by atoms with Crippen LogP contribution in [0.15, 0.2) is 0 Å². The number of nitrogens with two attached hydrogens (primary N) is 4. The van der Waals surface area contributed by atoms with Gasteiger partial charge in [-0.05, 0) is 12.8 Å². The summed E-state index contributed by atoms with van der Waals surface area (Å²) in [5, 5.41) is 92.4. The molecule has 19 atom stereocenters. The Kier molecular flexibility index (Phi) is 11.5. The van der Waals surface area contributed by atoms with Gasteiger partial charge >= 0.3 is 0 Å². The smallest absolute Gasteiger partial charge is 0.187 e. The van der Waals surface area contributed by atoms with E-state index in [0.717, 1.165) is 0 Å². The molecule has 3 saturated heterocycles. The summed E-state index contributed by atoms with van der Waals surface area (Å²) in [6.07, 6.45) is -20.4. The molecule has 42 heavy (non-hydrogen) atoms. The maximum Gasteiger partial charge on any atom is 0.187 e. The fourth-order valence-corrected chi connectivity index (χ4v) is 6.28. The topological polar surface area (TPSA) is 332 Å². The van der Waals surface area contributed by atoms with Gasteiger partial charge in [0.2, 0.25) is 0 Å². The number of aliphatic hydroxyl groups excluding tert-OH is 9. The second-order valence-corrected chi connectivity index (χ2v) is 11.6. The lowest BCUT2D eigenvalue weighted by Gasteiger charge is -2.50. The molecule has 1 aliphatic carbocycles. The van der Waals surface area contributed by atoms with Crippen LogP contribution in [0, 0.1) is 5.92 Å². The van der Waals surface area contributed by atoms with Crippen LogP contribution in [0.4, 0.5) is 0 Å². The van der Waals surface area contributed by atoms with Crippen molar-refractivity contribution < 1.29 is 69.6 Å². The predicted molar refractivity (Wildman–Crippen MR) is 138 cm³/mol. The molecule has 0 spiro atoms. The van der Waals surface area contributed by atoms with Crippen LogP contribution in [-0.2, 0) is 23.7 Å². The third-order valence-corrected chi connectivity index (χ3v) is 8.80. The third-order valence-electron chi connectivity index (χ3n) is 8.80. The highest BCUT2D eigenvalue weighted by molar-refractivity contribution is 5.03. The van der Waals surface area contributed by atoms with Gasteiger partial charge in [-0.2, -0.15) is 0 Å². The van der Waals surface area contributed by atoms with E-state index in [-0.39, 0.29) is 19.4 Å². The Morgan fingerprint density at radius 2 is 1.05 bits per heavy atom. The lowest BCUT2D eigenvalue weighted by molar-refractivity contribution is -0.328. The molecule has 4 rings (SSSR count). The Bertz CT molecular complexity index is 814. The van der Waals surface area contributed by atoms with E-state index in [0.29, 0.717) is 0 Å². The average molecular weight is 615 g/mol. The molecule has 246 valence electrons. The molecular formula is C24H46N4O14. The Labute approximate surface area is 241 Å². The maximum atomic E-state index is 10.7. The standard InChI is InChI=1S/C24H46N4O14/c25-3-10-16(33)19(36)20(37)24(39-10)42-22-6(1-9-15(32)17(34)12(5-30)38-9)21(7(26)2-8(22)27)41-23-18(35)13(28)14(31)11(4-29)40-23/h6-24,29-37H,1-5,25-28H2/t6-,7-,8+,9+,10-,11-,12-,13+,14-,15+,16-,17-,18-,19+,20-,21-,22+,23-,24-/m1/s1. The average Bonchev–Trinajstić information content (AvgIpc) is 3.24. The molecule has 0 aromatic carbocycles. The molecule has 17 N–H and O–H groups in total. The first-order valence-corrected chi connectivity index (χ1v) is 14.1. The van der Waals surface area contributed by atoms with Crippen molar-refractivity contribution in [3.8, 4) is 0 Å². The second-order valence-electron chi connectivity index (χ2n) is 11.6. The zero-order valence-electron chi connectivity index (χ0n) is 22.9. The largest absolute Gasteiger partial charge is 0.394 e. The van der Waals surface area contributed by atoms with Crippen LogP contribution < -0.4 is 22.9 Å². The molecule has 3 heterocycles. The second kappa shape index (κ2) is 14.1. The van der Waals surface area contributed by atoms with Crippen molar-refractivity contribution in [1.29, 1.82) is 0 Å². The molecule has 0 aromatic rings. The highest BCUT2D eigenvalue weighted by Crippen LogP contribution is 2.39. The quantitative estimate of drug-likeness (QED) is 0.115. The van der Waals surface area contributed by atoms with Crippen molar-refractivity contribution in [3.63, 3.8) is 0 Å². The molecule has 18 nitrogen and oxygen atoms in total. The molecule has 0 radical (unpaired) electrons. The SMILES string of the molecule is NC[C@H]1O[C@H](O[C@H]2[C@H](C[C@@H]3O[C@H](CO)[C@@H](O)[C@H]3O)[C@@H](O[C@H]3O[C@H](CO)[C@@H](O)[C@H](N)[C@H]3O)[C@H](N)C[C@@H]2N)[C@H](O)[C@@H](O)[C@@H]1O. The Balaban J connectivity index is 1.63. The van der Waals surface area contributed by atoms with Crippen LogP contribution in [-0.4, -0.2) is 176 Å². The van der Waals surface area contributed by atoms with E-state index in [2.05, 4.69) is 0 Å². The molecule has 0 amide bonds.